The summed E-state index contributed by atoms with van der Waals surface area (Å²) < 4.78 is 18.8. The van der Waals surface area contributed by atoms with E-state index in [1.165, 1.54) is 12.1 Å². The molecule has 1 fully saturated rings. The molecule has 1 aliphatic rings. The predicted octanol–water partition coefficient (Wildman–Crippen LogP) is 2.07. The van der Waals surface area contributed by atoms with Crippen molar-refractivity contribution in [3.8, 4) is 0 Å². The Morgan fingerprint density at radius 3 is 3.05 bits per heavy atom. The molecule has 0 aromatic heterocycles. The number of hydrogen-bond donors (Lipinski definition) is 1. The van der Waals surface area contributed by atoms with Gasteiger partial charge in [-0.25, -0.2) is 4.39 Å². The van der Waals surface area contributed by atoms with E-state index in [9.17, 15) is 4.39 Å². The fraction of sp³-hybridized carbons (Fsp3) is 0.500. The van der Waals surface area contributed by atoms with E-state index in [1.807, 2.05) is 0 Å². The van der Waals surface area contributed by atoms with E-state index in [-0.39, 0.29) is 11.9 Å². The first-order valence-electron chi connectivity index (χ1n) is 6.43. The number of ether oxygens (including phenoxy) is 1. The summed E-state index contributed by atoms with van der Waals surface area (Å²) in [4.78, 5) is 2.57. The highest BCUT2D eigenvalue weighted by atomic mass is 32.1. The Morgan fingerprint density at radius 1 is 1.58 bits per heavy atom. The molecular formula is C14H19FN2OS. The number of piperidine rings is 1. The number of rotatable bonds is 4. The molecule has 2 rings (SSSR count). The van der Waals surface area contributed by atoms with Gasteiger partial charge in [0.05, 0.1) is 6.10 Å². The molecule has 104 valence electrons. The van der Waals surface area contributed by atoms with Crippen LogP contribution in [0.5, 0.6) is 0 Å². The zero-order valence-corrected chi connectivity index (χ0v) is 11.9. The van der Waals surface area contributed by atoms with Crippen LogP contribution in [0.25, 0.3) is 0 Å². The number of halogens is 1. The van der Waals surface area contributed by atoms with Crippen molar-refractivity contribution in [1.82, 2.24) is 4.90 Å². The Balaban J connectivity index is 2.13. The Hall–Kier alpha value is -1.04. The van der Waals surface area contributed by atoms with Crippen LogP contribution in [0.15, 0.2) is 18.2 Å². The number of nitrogens with two attached hydrogens (primary N) is 1. The molecule has 1 saturated heterocycles. The summed E-state index contributed by atoms with van der Waals surface area (Å²) in [6.45, 7) is 2.52. The number of benzene rings is 1. The van der Waals surface area contributed by atoms with Crippen LogP contribution < -0.4 is 5.73 Å². The maximum atomic E-state index is 13.4. The van der Waals surface area contributed by atoms with Gasteiger partial charge in [0.25, 0.3) is 0 Å². The number of nitrogens with zero attached hydrogens (tertiary/aromatic N) is 1. The minimum absolute atomic E-state index is 0.254. The summed E-state index contributed by atoms with van der Waals surface area (Å²) in [5, 5.41) is 0. The van der Waals surface area contributed by atoms with Crippen molar-refractivity contribution in [2.45, 2.75) is 25.5 Å². The second-order valence-electron chi connectivity index (χ2n) is 4.90. The summed E-state index contributed by atoms with van der Waals surface area (Å²) >= 11 is 5.02. The van der Waals surface area contributed by atoms with E-state index in [1.54, 1.807) is 13.2 Å². The third-order valence-electron chi connectivity index (χ3n) is 3.52. The highest BCUT2D eigenvalue weighted by molar-refractivity contribution is 7.80. The van der Waals surface area contributed by atoms with Gasteiger partial charge in [0.2, 0.25) is 0 Å². The van der Waals surface area contributed by atoms with Crippen LogP contribution in [0.2, 0.25) is 0 Å². The molecule has 2 N–H and O–H groups in total. The average Bonchev–Trinajstić information content (AvgIpc) is 2.38. The van der Waals surface area contributed by atoms with Crippen LogP contribution in [0, 0.1) is 5.82 Å². The molecule has 0 radical (unpaired) electrons. The van der Waals surface area contributed by atoms with E-state index in [2.05, 4.69) is 4.90 Å². The van der Waals surface area contributed by atoms with Gasteiger partial charge in [-0.15, -0.1) is 0 Å². The van der Waals surface area contributed by atoms with Gasteiger partial charge in [-0.05, 0) is 43.1 Å². The van der Waals surface area contributed by atoms with E-state index >= 15 is 0 Å². The van der Waals surface area contributed by atoms with Crippen LogP contribution >= 0.6 is 12.2 Å². The van der Waals surface area contributed by atoms with Crippen molar-refractivity contribution in [3.05, 3.63) is 35.1 Å². The van der Waals surface area contributed by atoms with Crippen molar-refractivity contribution in [2.24, 2.45) is 5.73 Å². The smallest absolute Gasteiger partial charge is 0.123 e. The molecule has 5 heteroatoms. The molecule has 0 saturated carbocycles. The maximum absolute atomic E-state index is 13.4. The molecule has 3 nitrogen and oxygen atoms in total. The van der Waals surface area contributed by atoms with Crippen molar-refractivity contribution in [1.29, 1.82) is 0 Å². The summed E-state index contributed by atoms with van der Waals surface area (Å²) in [5.74, 6) is -0.254. The molecule has 1 unspecified atom stereocenters. The average molecular weight is 282 g/mol. The van der Waals surface area contributed by atoms with Crippen LogP contribution in [0.4, 0.5) is 4.39 Å². The molecule has 1 aromatic rings. The Kier molecular flexibility index (Phi) is 4.85. The van der Waals surface area contributed by atoms with Gasteiger partial charge in [-0.3, -0.25) is 4.90 Å². The van der Waals surface area contributed by atoms with Gasteiger partial charge >= 0.3 is 0 Å². The molecule has 0 bridgehead atoms. The lowest BCUT2D eigenvalue weighted by Crippen LogP contribution is -2.39. The number of thiocarbonyl (C=S) groups is 1. The Labute approximate surface area is 118 Å². The van der Waals surface area contributed by atoms with Crippen LogP contribution in [0.1, 0.15) is 24.0 Å². The minimum Gasteiger partial charge on any atom is -0.389 e. The molecule has 0 spiro atoms. The number of methoxy groups -OCH3 is 1. The quantitative estimate of drug-likeness (QED) is 0.858. The second-order valence-corrected chi connectivity index (χ2v) is 5.34. The number of hydrogen-bond acceptors (Lipinski definition) is 3. The topological polar surface area (TPSA) is 38.5 Å². The minimum atomic E-state index is -0.254. The third kappa shape index (κ3) is 3.72. The van der Waals surface area contributed by atoms with Gasteiger partial charge in [-0.1, -0.05) is 12.2 Å². The van der Waals surface area contributed by atoms with Gasteiger partial charge in [0.1, 0.15) is 10.8 Å². The Morgan fingerprint density at radius 2 is 2.37 bits per heavy atom. The standard InChI is InChI=1S/C14H19FN2OS/c1-18-12-3-2-6-17(9-12)8-10-7-11(15)4-5-13(10)14(16)19/h4-5,7,12H,2-3,6,8-9H2,1H3,(H2,16,19). The lowest BCUT2D eigenvalue weighted by Gasteiger charge is -2.32. The Bertz CT molecular complexity index is 467. The first-order valence-corrected chi connectivity index (χ1v) is 6.84. The summed E-state index contributed by atoms with van der Waals surface area (Å²) in [7, 11) is 1.73. The van der Waals surface area contributed by atoms with Gasteiger partial charge in [0, 0.05) is 25.8 Å². The summed E-state index contributed by atoms with van der Waals surface area (Å²) in [6.07, 6.45) is 2.43. The fourth-order valence-electron chi connectivity index (χ4n) is 2.52. The first kappa shape index (κ1) is 14.4. The predicted molar refractivity (Wildman–Crippen MR) is 77.6 cm³/mol. The van der Waals surface area contributed by atoms with E-state index in [4.69, 9.17) is 22.7 Å². The zero-order chi connectivity index (χ0) is 13.8. The van der Waals surface area contributed by atoms with Crippen molar-refractivity contribution in [2.75, 3.05) is 20.2 Å². The SMILES string of the molecule is COC1CCCN(Cc2cc(F)ccc2C(N)=S)C1. The van der Waals surface area contributed by atoms with Crippen LogP contribution in [0.3, 0.4) is 0 Å². The molecule has 1 aliphatic heterocycles. The third-order valence-corrected chi connectivity index (χ3v) is 3.74. The van der Waals surface area contributed by atoms with Crippen molar-refractivity contribution >= 4 is 17.2 Å². The number of likely N-dealkylation sites (tertiary alicyclic amines) is 1. The largest absolute Gasteiger partial charge is 0.389 e. The van der Waals surface area contributed by atoms with E-state index in [0.717, 1.165) is 37.1 Å². The lowest BCUT2D eigenvalue weighted by molar-refractivity contribution is 0.0285. The summed E-state index contributed by atoms with van der Waals surface area (Å²) in [5.41, 5.74) is 7.30. The molecule has 19 heavy (non-hydrogen) atoms. The molecule has 1 aromatic carbocycles. The first-order chi connectivity index (χ1) is 9.10. The van der Waals surface area contributed by atoms with Gasteiger partial charge in [-0.2, -0.15) is 0 Å². The molecule has 0 amide bonds. The van der Waals surface area contributed by atoms with E-state index < -0.39 is 0 Å². The van der Waals surface area contributed by atoms with E-state index in [0.29, 0.717) is 11.5 Å². The highest BCUT2D eigenvalue weighted by Gasteiger charge is 2.20. The highest BCUT2D eigenvalue weighted by Crippen LogP contribution is 2.18. The fourth-order valence-corrected chi connectivity index (χ4v) is 2.72. The summed E-state index contributed by atoms with van der Waals surface area (Å²) in [6, 6.07) is 4.57. The molecule has 1 heterocycles. The normalized spacial score (nSPS) is 20.4. The second kappa shape index (κ2) is 6.41. The molecular weight excluding hydrogens is 263 g/mol. The maximum Gasteiger partial charge on any atom is 0.123 e. The van der Waals surface area contributed by atoms with Crippen molar-refractivity contribution in [3.63, 3.8) is 0 Å². The molecule has 1 atom stereocenters. The molecule has 0 aliphatic carbocycles. The van der Waals surface area contributed by atoms with Crippen LogP contribution in [-0.2, 0) is 11.3 Å². The lowest BCUT2D eigenvalue weighted by atomic mass is 10.0. The van der Waals surface area contributed by atoms with Crippen LogP contribution in [-0.4, -0.2) is 36.2 Å². The van der Waals surface area contributed by atoms with Gasteiger partial charge in [0.15, 0.2) is 0 Å². The zero-order valence-electron chi connectivity index (χ0n) is 11.1. The van der Waals surface area contributed by atoms with Crippen molar-refractivity contribution < 1.29 is 9.13 Å². The van der Waals surface area contributed by atoms with Gasteiger partial charge < -0.3 is 10.5 Å². The monoisotopic (exact) mass is 282 g/mol.